The van der Waals surface area contributed by atoms with Crippen molar-refractivity contribution >= 4 is 17.4 Å². The summed E-state index contributed by atoms with van der Waals surface area (Å²) in [4.78, 5) is 22.8. The van der Waals surface area contributed by atoms with Gasteiger partial charge in [0.15, 0.2) is 0 Å². The number of hydrogen-bond acceptors (Lipinski definition) is 3. The maximum absolute atomic E-state index is 13.5. The molecule has 0 saturated carbocycles. The number of halogens is 5. The van der Waals surface area contributed by atoms with Crippen LogP contribution in [0.25, 0.3) is 5.57 Å². The van der Waals surface area contributed by atoms with E-state index >= 15 is 0 Å². The van der Waals surface area contributed by atoms with Crippen LogP contribution in [0.5, 0.6) is 0 Å². The molecule has 0 spiro atoms. The Kier molecular flexibility index (Phi) is 5.24. The highest BCUT2D eigenvalue weighted by molar-refractivity contribution is 5.90. The lowest BCUT2D eigenvalue weighted by Crippen LogP contribution is -2.58. The number of amides is 1. The molecule has 1 unspecified atom stereocenters. The van der Waals surface area contributed by atoms with Gasteiger partial charge in [0.2, 0.25) is 0 Å². The predicted octanol–water partition coefficient (Wildman–Crippen LogP) is 3.01. The van der Waals surface area contributed by atoms with Crippen LogP contribution in [0.2, 0.25) is 0 Å². The van der Waals surface area contributed by atoms with E-state index in [1.807, 2.05) is 5.32 Å². The summed E-state index contributed by atoms with van der Waals surface area (Å²) in [5.41, 5.74) is -3.72. The van der Waals surface area contributed by atoms with Crippen molar-refractivity contribution < 1.29 is 41.4 Å². The topological polar surface area (TPSA) is 75.6 Å². The minimum atomic E-state index is -5.15. The number of alkyl halides is 3. The minimum absolute atomic E-state index is 0.194. The molecular weight excluding hydrogens is 365 g/mol. The molecule has 0 saturated heterocycles. The zero-order valence-electron chi connectivity index (χ0n) is 13.4. The first-order valence-electron chi connectivity index (χ1n) is 7.37. The predicted molar refractivity (Wildman–Crippen MR) is 78.7 cm³/mol. The summed E-state index contributed by atoms with van der Waals surface area (Å²) < 4.78 is 71.8. The SMILES string of the molecule is C[C@@H](CC(=O)O)NC(=O)C1(C(F)(F)F)CC(c2cc(F)cc(F)c2)=CO1. The molecule has 1 aromatic rings. The molecular formula is C16H14F5NO4. The molecule has 1 aliphatic rings. The fraction of sp³-hybridized carbons (Fsp3) is 0.375. The molecule has 0 aromatic heterocycles. The maximum atomic E-state index is 13.5. The zero-order valence-corrected chi connectivity index (χ0v) is 13.4. The monoisotopic (exact) mass is 379 g/mol. The van der Waals surface area contributed by atoms with E-state index in [9.17, 15) is 31.5 Å². The Balaban J connectivity index is 2.28. The smallest absolute Gasteiger partial charge is 0.437 e. The number of carbonyl (C=O) groups is 2. The number of ether oxygens (including phenoxy) is 1. The molecule has 10 heteroatoms. The third-order valence-corrected chi connectivity index (χ3v) is 3.76. The van der Waals surface area contributed by atoms with E-state index in [0.29, 0.717) is 12.3 Å². The molecule has 0 fully saturated rings. The Bertz CT molecular complexity index is 741. The number of aliphatic carboxylic acids is 1. The van der Waals surface area contributed by atoms with E-state index < -0.39 is 54.2 Å². The fourth-order valence-corrected chi connectivity index (χ4v) is 2.52. The highest BCUT2D eigenvalue weighted by Gasteiger charge is 2.65. The van der Waals surface area contributed by atoms with E-state index in [2.05, 4.69) is 4.74 Å². The number of carbonyl (C=O) groups excluding carboxylic acids is 1. The molecule has 5 nitrogen and oxygen atoms in total. The van der Waals surface area contributed by atoms with Crippen molar-refractivity contribution in [2.75, 3.05) is 0 Å². The van der Waals surface area contributed by atoms with Crippen molar-refractivity contribution in [3.05, 3.63) is 41.7 Å². The highest BCUT2D eigenvalue weighted by atomic mass is 19.4. The second-order valence-corrected chi connectivity index (χ2v) is 5.89. The molecule has 2 rings (SSSR count). The standard InChI is InChI=1S/C16H14F5NO4/c1-8(2-13(23)24)22-14(25)15(16(19,20)21)6-10(7-26-15)9-3-11(17)5-12(18)4-9/h3-5,7-8H,2,6H2,1H3,(H,22,25)(H,23,24)/t8-,15?/m0/s1. The molecule has 2 N–H and O–H groups in total. The normalized spacial score (nSPS) is 20.9. The number of benzene rings is 1. The minimum Gasteiger partial charge on any atom is -0.481 e. The van der Waals surface area contributed by atoms with Gasteiger partial charge in [0, 0.05) is 18.5 Å². The molecule has 1 amide bonds. The van der Waals surface area contributed by atoms with Crippen LogP contribution in [0.15, 0.2) is 24.5 Å². The van der Waals surface area contributed by atoms with Gasteiger partial charge < -0.3 is 15.2 Å². The van der Waals surface area contributed by atoms with Crippen LogP contribution in [0, 0.1) is 11.6 Å². The third kappa shape index (κ3) is 3.94. The summed E-state index contributed by atoms with van der Waals surface area (Å²) in [6.45, 7) is 1.22. The molecule has 1 aromatic carbocycles. The van der Waals surface area contributed by atoms with Gasteiger partial charge in [-0.15, -0.1) is 0 Å². The van der Waals surface area contributed by atoms with Gasteiger partial charge in [-0.3, -0.25) is 9.59 Å². The number of nitrogens with one attached hydrogen (secondary N) is 1. The Morgan fingerprint density at radius 2 is 1.85 bits per heavy atom. The van der Waals surface area contributed by atoms with Gasteiger partial charge >= 0.3 is 12.1 Å². The second-order valence-electron chi connectivity index (χ2n) is 5.89. The van der Waals surface area contributed by atoms with Crippen LogP contribution in [-0.2, 0) is 14.3 Å². The Morgan fingerprint density at radius 1 is 1.27 bits per heavy atom. The van der Waals surface area contributed by atoms with E-state index in [4.69, 9.17) is 5.11 Å². The molecule has 0 bridgehead atoms. The van der Waals surface area contributed by atoms with E-state index in [1.165, 1.54) is 6.92 Å². The van der Waals surface area contributed by atoms with Crippen molar-refractivity contribution in [1.29, 1.82) is 0 Å². The number of carboxylic acid groups (broad SMARTS) is 1. The van der Waals surface area contributed by atoms with Crippen LogP contribution >= 0.6 is 0 Å². The van der Waals surface area contributed by atoms with Crippen LogP contribution in [-0.4, -0.2) is 34.8 Å². The summed E-state index contributed by atoms with van der Waals surface area (Å²) in [7, 11) is 0. The molecule has 142 valence electrons. The maximum Gasteiger partial charge on any atom is 0.437 e. The lowest BCUT2D eigenvalue weighted by molar-refractivity contribution is -0.247. The van der Waals surface area contributed by atoms with Crippen LogP contribution in [0.1, 0.15) is 25.3 Å². The van der Waals surface area contributed by atoms with E-state index in [-0.39, 0.29) is 11.1 Å². The van der Waals surface area contributed by atoms with Gasteiger partial charge in [-0.05, 0) is 30.2 Å². The summed E-state index contributed by atoms with van der Waals surface area (Å²) in [6, 6.07) is 1.10. The first kappa shape index (κ1) is 19.7. The van der Waals surface area contributed by atoms with E-state index in [1.54, 1.807) is 0 Å². The number of hydrogen-bond donors (Lipinski definition) is 2. The second kappa shape index (κ2) is 6.93. The van der Waals surface area contributed by atoms with Gasteiger partial charge in [-0.2, -0.15) is 13.2 Å². The van der Waals surface area contributed by atoms with Crippen molar-refractivity contribution in [1.82, 2.24) is 5.32 Å². The Morgan fingerprint density at radius 3 is 2.35 bits per heavy atom. The molecule has 0 aliphatic carbocycles. The Hall–Kier alpha value is -2.65. The van der Waals surface area contributed by atoms with Gasteiger partial charge in [0.25, 0.3) is 11.5 Å². The molecule has 1 aliphatic heterocycles. The lowest BCUT2D eigenvalue weighted by Gasteiger charge is -2.30. The van der Waals surface area contributed by atoms with Crippen LogP contribution < -0.4 is 5.32 Å². The van der Waals surface area contributed by atoms with Crippen LogP contribution in [0.4, 0.5) is 22.0 Å². The average Bonchev–Trinajstić information content (AvgIpc) is 2.91. The van der Waals surface area contributed by atoms with Crippen molar-refractivity contribution in [2.45, 2.75) is 37.6 Å². The first-order chi connectivity index (χ1) is 11.9. The summed E-state index contributed by atoms with van der Waals surface area (Å²) in [6.07, 6.45) is -6.12. The summed E-state index contributed by atoms with van der Waals surface area (Å²) in [5, 5.41) is 10.6. The Labute approximate surface area is 144 Å². The highest BCUT2D eigenvalue weighted by Crippen LogP contribution is 2.45. The first-order valence-corrected chi connectivity index (χ1v) is 7.37. The number of rotatable bonds is 5. The zero-order chi connectivity index (χ0) is 19.7. The largest absolute Gasteiger partial charge is 0.481 e. The fourth-order valence-electron chi connectivity index (χ4n) is 2.52. The molecule has 0 radical (unpaired) electrons. The molecule has 26 heavy (non-hydrogen) atoms. The average molecular weight is 379 g/mol. The summed E-state index contributed by atoms with van der Waals surface area (Å²) in [5.74, 6) is -4.88. The van der Waals surface area contributed by atoms with Crippen molar-refractivity contribution in [3.63, 3.8) is 0 Å². The lowest BCUT2D eigenvalue weighted by atomic mass is 9.91. The molecule has 2 atom stereocenters. The molecule has 1 heterocycles. The van der Waals surface area contributed by atoms with Gasteiger partial charge in [0.05, 0.1) is 12.7 Å². The van der Waals surface area contributed by atoms with Gasteiger partial charge in [0.1, 0.15) is 11.6 Å². The third-order valence-electron chi connectivity index (χ3n) is 3.76. The van der Waals surface area contributed by atoms with Crippen molar-refractivity contribution in [2.24, 2.45) is 0 Å². The van der Waals surface area contributed by atoms with Gasteiger partial charge in [-0.1, -0.05) is 0 Å². The quantitative estimate of drug-likeness (QED) is 0.772. The summed E-state index contributed by atoms with van der Waals surface area (Å²) >= 11 is 0. The number of carboxylic acids is 1. The van der Waals surface area contributed by atoms with E-state index in [0.717, 1.165) is 12.1 Å². The van der Waals surface area contributed by atoms with Crippen LogP contribution in [0.3, 0.4) is 0 Å². The van der Waals surface area contributed by atoms with Gasteiger partial charge in [-0.25, -0.2) is 8.78 Å². The van der Waals surface area contributed by atoms with Crippen molar-refractivity contribution in [3.8, 4) is 0 Å².